The van der Waals surface area contributed by atoms with E-state index in [1.165, 1.54) is 24.2 Å². The molecule has 1 heterocycles. The van der Waals surface area contributed by atoms with Crippen LogP contribution in [0.1, 0.15) is 12.5 Å². The maximum Gasteiger partial charge on any atom is 0.340 e. The van der Waals surface area contributed by atoms with Gasteiger partial charge in [-0.2, -0.15) is 0 Å². The van der Waals surface area contributed by atoms with Crippen LogP contribution in [0.4, 0.5) is 5.69 Å². The summed E-state index contributed by atoms with van der Waals surface area (Å²) in [5, 5.41) is 10.2. The zero-order valence-corrected chi connectivity index (χ0v) is 17.9. The topological polar surface area (TPSA) is 66.8 Å². The lowest BCUT2D eigenvalue weighted by Gasteiger charge is -2.18. The van der Waals surface area contributed by atoms with E-state index in [1.807, 2.05) is 30.5 Å². The minimum absolute atomic E-state index is 0.00759. The Balaban J connectivity index is 2.17. The summed E-state index contributed by atoms with van der Waals surface area (Å²) >= 11 is 4.92. The fourth-order valence-corrected chi connectivity index (χ4v) is 3.87. The van der Waals surface area contributed by atoms with Gasteiger partial charge in [-0.1, -0.05) is 22.0 Å². The number of rotatable bonds is 4. The number of methoxy groups -OCH3 is 1. The van der Waals surface area contributed by atoms with Crippen LogP contribution in [-0.4, -0.2) is 30.3 Å². The number of ether oxygens (including phenoxy) is 1. The number of anilines is 1. The summed E-state index contributed by atoms with van der Waals surface area (Å²) in [6.45, 7) is 1.71. The van der Waals surface area contributed by atoms with Crippen molar-refractivity contribution in [2.24, 2.45) is 0 Å². The van der Waals surface area contributed by atoms with Crippen LogP contribution in [0, 0.1) is 0 Å². The van der Waals surface area contributed by atoms with Crippen LogP contribution in [0.15, 0.2) is 68.7 Å². The van der Waals surface area contributed by atoms with Gasteiger partial charge in [0.25, 0.3) is 5.91 Å². The highest BCUT2D eigenvalue weighted by atomic mass is 79.9. The van der Waals surface area contributed by atoms with Crippen molar-refractivity contribution in [3.8, 4) is 5.75 Å². The van der Waals surface area contributed by atoms with E-state index in [9.17, 15) is 14.7 Å². The average molecular weight is 460 g/mol. The predicted octanol–water partition coefficient (Wildman–Crippen LogP) is 4.75. The third kappa shape index (κ3) is 3.72. The summed E-state index contributed by atoms with van der Waals surface area (Å²) < 4.78 is 5.65. The normalized spacial score (nSPS) is 15.5. The maximum atomic E-state index is 13.3. The van der Waals surface area contributed by atoms with Gasteiger partial charge in [0.05, 0.1) is 23.9 Å². The summed E-state index contributed by atoms with van der Waals surface area (Å²) in [6, 6.07) is 12.4. The van der Waals surface area contributed by atoms with E-state index in [4.69, 9.17) is 4.74 Å². The molecule has 5 nitrogen and oxygen atoms in total. The zero-order valence-electron chi connectivity index (χ0n) is 15.5. The Morgan fingerprint density at radius 2 is 2.00 bits per heavy atom. The first-order valence-corrected chi connectivity index (χ1v) is 10.4. The van der Waals surface area contributed by atoms with Crippen molar-refractivity contribution in [2.45, 2.75) is 11.8 Å². The first kappa shape index (κ1) is 20.2. The summed E-state index contributed by atoms with van der Waals surface area (Å²) in [7, 11) is 1.28. The highest BCUT2D eigenvalue weighted by molar-refractivity contribution is 9.10. The molecule has 3 rings (SSSR count). The maximum absolute atomic E-state index is 13.3. The van der Waals surface area contributed by atoms with Crippen LogP contribution in [0.3, 0.4) is 0 Å². The zero-order chi connectivity index (χ0) is 20.4. The number of nitrogens with zero attached hydrogens (tertiary/aromatic N) is 1. The summed E-state index contributed by atoms with van der Waals surface area (Å²) in [6.07, 6.45) is 3.46. The molecule has 28 heavy (non-hydrogen) atoms. The van der Waals surface area contributed by atoms with E-state index in [0.717, 1.165) is 9.37 Å². The van der Waals surface area contributed by atoms with Gasteiger partial charge in [0.15, 0.2) is 0 Å². The quantitative estimate of drug-likeness (QED) is 0.405. The van der Waals surface area contributed by atoms with E-state index in [0.29, 0.717) is 16.9 Å². The molecule has 0 atom stereocenters. The third-order valence-electron chi connectivity index (χ3n) is 4.39. The average Bonchev–Trinajstić information content (AvgIpc) is 2.94. The van der Waals surface area contributed by atoms with Crippen LogP contribution in [0.2, 0.25) is 0 Å². The second-order valence-corrected chi connectivity index (χ2v) is 7.85. The number of thioether (sulfide) groups is 1. The molecule has 0 radical (unpaired) electrons. The minimum atomic E-state index is -0.602. The van der Waals surface area contributed by atoms with Gasteiger partial charge in [0, 0.05) is 20.6 Å². The Morgan fingerprint density at radius 1 is 1.25 bits per heavy atom. The number of hydrogen-bond donors (Lipinski definition) is 1. The van der Waals surface area contributed by atoms with Gasteiger partial charge in [-0.15, -0.1) is 11.8 Å². The molecule has 0 saturated carbocycles. The van der Waals surface area contributed by atoms with E-state index in [-0.39, 0.29) is 22.8 Å². The molecule has 0 spiro atoms. The Hall–Kier alpha value is -2.51. The van der Waals surface area contributed by atoms with Crippen molar-refractivity contribution in [3.63, 3.8) is 0 Å². The summed E-state index contributed by atoms with van der Waals surface area (Å²) in [4.78, 5) is 28.2. The molecule has 0 unspecified atom stereocenters. The SMILES string of the molecule is COC(=O)C1=C(C)N(c2cccc(SC)c2)C(=O)/C1=C\c1cc(Br)ccc1O. The number of hydrogen-bond acceptors (Lipinski definition) is 5. The van der Waals surface area contributed by atoms with Gasteiger partial charge in [0.1, 0.15) is 5.75 Å². The number of carbonyl (C=O) groups is 2. The van der Waals surface area contributed by atoms with Crippen LogP contribution in [0.25, 0.3) is 6.08 Å². The predicted molar refractivity (Wildman–Crippen MR) is 114 cm³/mol. The van der Waals surface area contributed by atoms with Gasteiger partial charge < -0.3 is 9.84 Å². The molecule has 1 aliphatic rings. The molecule has 0 aromatic heterocycles. The Kier molecular flexibility index (Phi) is 5.96. The van der Waals surface area contributed by atoms with E-state index in [2.05, 4.69) is 15.9 Å². The number of benzene rings is 2. The number of aromatic hydroxyl groups is 1. The number of phenolic OH excluding ortho intramolecular Hbond substituents is 1. The second kappa shape index (κ2) is 8.24. The molecule has 2 aromatic rings. The monoisotopic (exact) mass is 459 g/mol. The highest BCUT2D eigenvalue weighted by Crippen LogP contribution is 2.37. The molecule has 1 N–H and O–H groups in total. The van der Waals surface area contributed by atoms with Gasteiger partial charge in [-0.05, 0) is 55.7 Å². The fraction of sp³-hybridized carbons (Fsp3) is 0.143. The smallest absolute Gasteiger partial charge is 0.340 e. The van der Waals surface area contributed by atoms with Gasteiger partial charge in [0.2, 0.25) is 0 Å². The summed E-state index contributed by atoms with van der Waals surface area (Å²) in [5.74, 6) is -0.946. The molecule has 0 saturated heterocycles. The lowest BCUT2D eigenvalue weighted by atomic mass is 10.0. The number of allylic oxidation sites excluding steroid dienone is 1. The van der Waals surface area contributed by atoms with Crippen molar-refractivity contribution in [3.05, 3.63) is 69.3 Å². The molecule has 2 aromatic carbocycles. The summed E-state index contributed by atoms with van der Waals surface area (Å²) in [5.41, 5.74) is 1.92. The molecular weight excluding hydrogens is 442 g/mol. The molecule has 1 amide bonds. The molecule has 0 fully saturated rings. The Bertz CT molecular complexity index is 1030. The Labute approximate surface area is 175 Å². The lowest BCUT2D eigenvalue weighted by molar-refractivity contribution is -0.136. The molecule has 7 heteroatoms. The molecule has 144 valence electrons. The standard InChI is InChI=1S/C21H18BrNO4S/c1-12-19(21(26)27-2)17(10-13-9-14(22)7-8-18(13)24)20(25)23(12)15-5-4-6-16(11-15)28-3/h4-11,24H,1-3H3/b17-10-. The first-order valence-electron chi connectivity index (χ1n) is 8.35. The van der Waals surface area contributed by atoms with Crippen LogP contribution >= 0.6 is 27.7 Å². The molecule has 0 bridgehead atoms. The minimum Gasteiger partial charge on any atom is -0.507 e. The molecule has 1 aliphatic heterocycles. The van der Waals surface area contributed by atoms with Gasteiger partial charge in [-0.3, -0.25) is 9.69 Å². The van der Waals surface area contributed by atoms with Crippen LogP contribution < -0.4 is 4.90 Å². The Morgan fingerprint density at radius 3 is 2.68 bits per heavy atom. The van der Waals surface area contributed by atoms with Crippen LogP contribution in [0.5, 0.6) is 5.75 Å². The number of phenols is 1. The highest BCUT2D eigenvalue weighted by Gasteiger charge is 2.38. The van der Waals surface area contributed by atoms with Crippen LogP contribution in [-0.2, 0) is 14.3 Å². The lowest BCUT2D eigenvalue weighted by Crippen LogP contribution is -2.24. The van der Waals surface area contributed by atoms with Crippen molar-refractivity contribution >= 4 is 51.3 Å². The number of amides is 1. The van der Waals surface area contributed by atoms with Gasteiger partial charge in [-0.25, -0.2) is 4.79 Å². The fourth-order valence-electron chi connectivity index (χ4n) is 3.04. The van der Waals surface area contributed by atoms with Crippen molar-refractivity contribution in [1.29, 1.82) is 0 Å². The van der Waals surface area contributed by atoms with Gasteiger partial charge >= 0.3 is 5.97 Å². The van der Waals surface area contributed by atoms with Crippen molar-refractivity contribution < 1.29 is 19.4 Å². The number of carbonyl (C=O) groups excluding carboxylic acids is 2. The molecule has 0 aliphatic carbocycles. The van der Waals surface area contributed by atoms with E-state index < -0.39 is 5.97 Å². The first-order chi connectivity index (χ1) is 13.4. The second-order valence-electron chi connectivity index (χ2n) is 6.06. The van der Waals surface area contributed by atoms with Crippen molar-refractivity contribution in [2.75, 3.05) is 18.3 Å². The third-order valence-corrected chi connectivity index (χ3v) is 5.61. The van der Waals surface area contributed by atoms with Crippen molar-refractivity contribution in [1.82, 2.24) is 0 Å². The number of esters is 1. The van der Waals surface area contributed by atoms with E-state index >= 15 is 0 Å². The molecular formula is C21H18BrNO4S. The number of halogens is 1. The largest absolute Gasteiger partial charge is 0.507 e. The van der Waals surface area contributed by atoms with E-state index in [1.54, 1.807) is 30.8 Å².